The molecule has 0 aliphatic heterocycles. The predicted octanol–water partition coefficient (Wildman–Crippen LogP) is 1.36. The third-order valence-corrected chi connectivity index (χ3v) is 1.34. The third-order valence-electron chi connectivity index (χ3n) is 1.34. The summed E-state index contributed by atoms with van der Waals surface area (Å²) in [5.74, 6) is -1.40. The van der Waals surface area contributed by atoms with Crippen LogP contribution in [0.15, 0.2) is 11.6 Å². The van der Waals surface area contributed by atoms with Crippen LogP contribution in [0.2, 0.25) is 0 Å². The Balaban J connectivity index is 3.93. The molecule has 4 heteroatoms. The predicted molar refractivity (Wildman–Crippen MR) is 47.3 cm³/mol. The molecule has 0 aliphatic rings. The van der Waals surface area contributed by atoms with Crippen molar-refractivity contribution >= 4 is 11.9 Å². The van der Waals surface area contributed by atoms with Gasteiger partial charge in [-0.1, -0.05) is 13.0 Å². The Morgan fingerprint density at radius 3 is 2.54 bits per heavy atom. The van der Waals surface area contributed by atoms with E-state index in [1.54, 1.807) is 6.92 Å². The van der Waals surface area contributed by atoms with E-state index in [2.05, 4.69) is 0 Å². The summed E-state index contributed by atoms with van der Waals surface area (Å²) in [4.78, 5) is 21.2. The van der Waals surface area contributed by atoms with Crippen LogP contribution in [0, 0.1) is 0 Å². The molecule has 0 bridgehead atoms. The summed E-state index contributed by atoms with van der Waals surface area (Å²) < 4.78 is 4.79. The summed E-state index contributed by atoms with van der Waals surface area (Å²) in [6.45, 7) is 3.81. The van der Waals surface area contributed by atoms with Crippen LogP contribution in [0.5, 0.6) is 0 Å². The molecule has 0 unspecified atom stereocenters. The molecule has 13 heavy (non-hydrogen) atoms. The molecule has 0 aromatic heterocycles. The minimum atomic E-state index is -0.956. The van der Waals surface area contributed by atoms with E-state index in [9.17, 15) is 9.59 Å². The first kappa shape index (κ1) is 11.7. The van der Waals surface area contributed by atoms with Crippen molar-refractivity contribution in [1.29, 1.82) is 0 Å². The normalized spacial score (nSPS) is 11.1. The van der Waals surface area contributed by atoms with Crippen molar-refractivity contribution in [3.05, 3.63) is 11.6 Å². The maximum absolute atomic E-state index is 11.0. The zero-order valence-electron chi connectivity index (χ0n) is 7.87. The monoisotopic (exact) mass is 186 g/mol. The highest BCUT2D eigenvalue weighted by molar-refractivity contribution is 5.88. The number of carboxylic acid groups (broad SMARTS) is 1. The van der Waals surface area contributed by atoms with Crippen molar-refractivity contribution in [3.8, 4) is 0 Å². The number of rotatable bonds is 5. The number of ether oxygens (including phenoxy) is 1. The number of carbonyl (C=O) groups is 2. The maximum Gasteiger partial charge on any atom is 0.333 e. The van der Waals surface area contributed by atoms with Crippen LogP contribution in [0.1, 0.15) is 26.7 Å². The van der Waals surface area contributed by atoms with Gasteiger partial charge in [-0.3, -0.25) is 4.79 Å². The molecule has 0 spiro atoms. The quantitative estimate of drug-likeness (QED) is 0.520. The van der Waals surface area contributed by atoms with E-state index in [0.29, 0.717) is 12.2 Å². The van der Waals surface area contributed by atoms with Gasteiger partial charge in [0.2, 0.25) is 0 Å². The molecule has 0 heterocycles. The smallest absolute Gasteiger partial charge is 0.333 e. The molecule has 0 saturated carbocycles. The lowest BCUT2D eigenvalue weighted by atomic mass is 10.2. The summed E-state index contributed by atoms with van der Waals surface area (Å²) in [5.41, 5.74) is 0.343. The molecular formula is C9H14O4. The molecule has 0 rings (SSSR count). The Bertz CT molecular complexity index is 218. The van der Waals surface area contributed by atoms with Crippen LogP contribution < -0.4 is 0 Å². The Kier molecular flexibility index (Phi) is 5.59. The molecule has 74 valence electrons. The fraction of sp³-hybridized carbons (Fsp3) is 0.556. The number of esters is 1. The molecule has 0 radical (unpaired) electrons. The van der Waals surface area contributed by atoms with Crippen molar-refractivity contribution < 1.29 is 19.4 Å². The minimum absolute atomic E-state index is 0.146. The minimum Gasteiger partial charge on any atom is -0.481 e. The van der Waals surface area contributed by atoms with Crippen molar-refractivity contribution in [2.45, 2.75) is 26.7 Å². The van der Waals surface area contributed by atoms with E-state index in [-0.39, 0.29) is 6.42 Å². The average molecular weight is 186 g/mol. The van der Waals surface area contributed by atoms with Gasteiger partial charge >= 0.3 is 11.9 Å². The van der Waals surface area contributed by atoms with Gasteiger partial charge in [0.15, 0.2) is 0 Å². The van der Waals surface area contributed by atoms with Crippen LogP contribution in [0.3, 0.4) is 0 Å². The van der Waals surface area contributed by atoms with E-state index in [1.165, 1.54) is 6.08 Å². The first-order chi connectivity index (χ1) is 6.07. The van der Waals surface area contributed by atoms with Crippen LogP contribution >= 0.6 is 0 Å². The van der Waals surface area contributed by atoms with E-state index in [0.717, 1.165) is 6.42 Å². The topological polar surface area (TPSA) is 63.6 Å². The highest BCUT2D eigenvalue weighted by atomic mass is 16.5. The van der Waals surface area contributed by atoms with Gasteiger partial charge in [-0.15, -0.1) is 0 Å². The summed E-state index contributed by atoms with van der Waals surface area (Å²) in [7, 11) is 0. The zero-order chi connectivity index (χ0) is 10.3. The molecule has 4 nitrogen and oxygen atoms in total. The Labute approximate surface area is 77.2 Å². The Hall–Kier alpha value is -1.32. The van der Waals surface area contributed by atoms with E-state index < -0.39 is 11.9 Å². The van der Waals surface area contributed by atoms with Gasteiger partial charge in [0.05, 0.1) is 13.0 Å². The fourth-order valence-electron chi connectivity index (χ4n) is 0.632. The highest BCUT2D eigenvalue weighted by Gasteiger charge is 2.04. The van der Waals surface area contributed by atoms with Crippen LogP contribution in [0.4, 0.5) is 0 Å². The number of hydrogen-bond donors (Lipinski definition) is 1. The summed E-state index contributed by atoms with van der Waals surface area (Å²) in [5, 5.41) is 8.32. The van der Waals surface area contributed by atoms with Crippen LogP contribution in [0.25, 0.3) is 0 Å². The second-order valence-electron chi connectivity index (χ2n) is 2.62. The van der Waals surface area contributed by atoms with Crippen molar-refractivity contribution in [1.82, 2.24) is 0 Å². The lowest BCUT2D eigenvalue weighted by Crippen LogP contribution is -2.07. The lowest BCUT2D eigenvalue weighted by molar-refractivity contribution is -0.138. The molecule has 0 aliphatic carbocycles. The second-order valence-corrected chi connectivity index (χ2v) is 2.62. The highest BCUT2D eigenvalue weighted by Crippen LogP contribution is 1.99. The van der Waals surface area contributed by atoms with Crippen LogP contribution in [-0.4, -0.2) is 23.7 Å². The second kappa shape index (κ2) is 6.22. The van der Waals surface area contributed by atoms with Crippen LogP contribution in [-0.2, 0) is 14.3 Å². The van der Waals surface area contributed by atoms with E-state index in [4.69, 9.17) is 9.84 Å². The lowest BCUT2D eigenvalue weighted by Gasteiger charge is -2.01. The van der Waals surface area contributed by atoms with Crippen molar-refractivity contribution in [2.24, 2.45) is 0 Å². The molecule has 0 aromatic rings. The summed E-state index contributed by atoms with van der Waals surface area (Å²) in [6, 6.07) is 0. The summed E-state index contributed by atoms with van der Waals surface area (Å²) in [6.07, 6.45) is 1.96. The van der Waals surface area contributed by atoms with Gasteiger partial charge in [0, 0.05) is 5.57 Å². The Morgan fingerprint density at radius 1 is 1.46 bits per heavy atom. The molecular weight excluding hydrogens is 172 g/mol. The Morgan fingerprint density at radius 2 is 2.08 bits per heavy atom. The molecule has 1 N–H and O–H groups in total. The van der Waals surface area contributed by atoms with Crippen molar-refractivity contribution in [2.75, 3.05) is 6.61 Å². The van der Waals surface area contributed by atoms with Gasteiger partial charge < -0.3 is 9.84 Å². The number of carboxylic acids is 1. The van der Waals surface area contributed by atoms with Gasteiger partial charge in [0.25, 0.3) is 0 Å². The summed E-state index contributed by atoms with van der Waals surface area (Å²) >= 11 is 0. The standard InChI is InChI=1S/C9H14O4/c1-3-6-13-9(12)7(2)4-5-8(10)11/h4H,3,5-6H2,1-2H3,(H,10,11). The first-order valence-corrected chi connectivity index (χ1v) is 4.13. The number of carbonyl (C=O) groups excluding carboxylic acids is 1. The largest absolute Gasteiger partial charge is 0.481 e. The molecule has 0 saturated heterocycles. The number of hydrogen-bond acceptors (Lipinski definition) is 3. The van der Waals surface area contributed by atoms with Gasteiger partial charge in [-0.2, -0.15) is 0 Å². The van der Waals surface area contributed by atoms with Gasteiger partial charge in [-0.25, -0.2) is 4.79 Å². The first-order valence-electron chi connectivity index (χ1n) is 4.13. The van der Waals surface area contributed by atoms with Gasteiger partial charge in [-0.05, 0) is 13.3 Å². The maximum atomic E-state index is 11.0. The van der Waals surface area contributed by atoms with E-state index >= 15 is 0 Å². The average Bonchev–Trinajstić information content (AvgIpc) is 2.10. The SMILES string of the molecule is CCCOC(=O)C(C)=CCC(=O)O. The van der Waals surface area contributed by atoms with E-state index in [1.807, 2.05) is 6.92 Å². The van der Waals surface area contributed by atoms with Gasteiger partial charge in [0.1, 0.15) is 0 Å². The molecule has 0 atom stereocenters. The molecule has 0 aromatic carbocycles. The fourth-order valence-corrected chi connectivity index (χ4v) is 0.632. The van der Waals surface area contributed by atoms with Crippen molar-refractivity contribution in [3.63, 3.8) is 0 Å². The third kappa shape index (κ3) is 5.90. The zero-order valence-corrected chi connectivity index (χ0v) is 7.87. The molecule has 0 amide bonds. The molecule has 0 fully saturated rings. The number of aliphatic carboxylic acids is 1.